The number of hydrogen-bond acceptors (Lipinski definition) is 7. The lowest BCUT2D eigenvalue weighted by atomic mass is 10.0. The van der Waals surface area contributed by atoms with Crippen LogP contribution in [0.4, 0.5) is 11.4 Å². The molecule has 11 heteroatoms. The first-order valence-corrected chi connectivity index (χ1v) is 13.3. The van der Waals surface area contributed by atoms with Gasteiger partial charge in [0, 0.05) is 16.6 Å². The second kappa shape index (κ2) is 13.4. The molecule has 4 N–H and O–H groups in total. The SMILES string of the molecule is COc1ccc(NC(=O)C(Sc2ccc(NC(=O)c3ccc(C(=O)O)cc3C(=O)O)cc2)c2ccccc2)c(OC)c1. The summed E-state index contributed by atoms with van der Waals surface area (Å²) in [6, 6.07) is 24.3. The summed E-state index contributed by atoms with van der Waals surface area (Å²) >= 11 is 1.30. The first-order chi connectivity index (χ1) is 20.2. The molecule has 2 amide bonds. The van der Waals surface area contributed by atoms with Gasteiger partial charge in [0.25, 0.3) is 5.91 Å². The summed E-state index contributed by atoms with van der Waals surface area (Å²) in [6.07, 6.45) is 0. The van der Waals surface area contributed by atoms with Crippen LogP contribution in [0.1, 0.15) is 41.9 Å². The fourth-order valence-corrected chi connectivity index (χ4v) is 5.03. The molecule has 0 bridgehead atoms. The second-order valence-corrected chi connectivity index (χ2v) is 9.99. The predicted octanol–water partition coefficient (Wildman–Crippen LogP) is 5.82. The van der Waals surface area contributed by atoms with Gasteiger partial charge in [-0.3, -0.25) is 9.59 Å². The third-order valence-electron chi connectivity index (χ3n) is 6.11. The minimum absolute atomic E-state index is 0.180. The predicted molar refractivity (Wildman–Crippen MR) is 158 cm³/mol. The molecule has 1 atom stereocenters. The largest absolute Gasteiger partial charge is 0.497 e. The zero-order chi connectivity index (χ0) is 30.2. The normalized spacial score (nSPS) is 11.2. The Labute approximate surface area is 245 Å². The molecule has 0 spiro atoms. The molecular weight excluding hydrogens is 560 g/mol. The van der Waals surface area contributed by atoms with E-state index >= 15 is 0 Å². The van der Waals surface area contributed by atoms with E-state index in [1.807, 2.05) is 30.3 Å². The number of amides is 2. The number of ether oxygens (including phenoxy) is 2. The van der Waals surface area contributed by atoms with E-state index in [0.717, 1.165) is 22.6 Å². The van der Waals surface area contributed by atoms with Crippen LogP contribution < -0.4 is 20.1 Å². The highest BCUT2D eigenvalue weighted by Gasteiger charge is 2.24. The van der Waals surface area contributed by atoms with Gasteiger partial charge in [0.2, 0.25) is 5.91 Å². The zero-order valence-corrected chi connectivity index (χ0v) is 23.3. The molecule has 0 fully saturated rings. The van der Waals surface area contributed by atoms with Crippen molar-refractivity contribution in [2.24, 2.45) is 0 Å². The van der Waals surface area contributed by atoms with Crippen molar-refractivity contribution in [1.82, 2.24) is 0 Å². The molecule has 0 aliphatic carbocycles. The van der Waals surface area contributed by atoms with E-state index in [9.17, 15) is 24.3 Å². The number of carbonyl (C=O) groups is 4. The molecule has 0 aromatic heterocycles. The zero-order valence-electron chi connectivity index (χ0n) is 22.5. The number of thioether (sulfide) groups is 1. The maximum atomic E-state index is 13.5. The van der Waals surface area contributed by atoms with Crippen molar-refractivity contribution in [1.29, 1.82) is 0 Å². The summed E-state index contributed by atoms with van der Waals surface area (Å²) < 4.78 is 10.6. The van der Waals surface area contributed by atoms with Gasteiger partial charge in [-0.2, -0.15) is 0 Å². The quantitative estimate of drug-likeness (QED) is 0.159. The van der Waals surface area contributed by atoms with Crippen LogP contribution in [0.3, 0.4) is 0 Å². The highest BCUT2D eigenvalue weighted by molar-refractivity contribution is 8.00. The summed E-state index contributed by atoms with van der Waals surface area (Å²) in [6.45, 7) is 0. The molecule has 214 valence electrons. The van der Waals surface area contributed by atoms with Crippen molar-refractivity contribution < 1.29 is 38.9 Å². The molecular formula is C31H26N2O8S. The number of hydrogen-bond donors (Lipinski definition) is 4. The Morgan fingerprint density at radius 3 is 2.07 bits per heavy atom. The summed E-state index contributed by atoms with van der Waals surface area (Å²) in [5, 5.41) is 23.5. The number of carboxylic acids is 2. The van der Waals surface area contributed by atoms with Gasteiger partial charge in [-0.15, -0.1) is 11.8 Å². The van der Waals surface area contributed by atoms with Gasteiger partial charge in [0.05, 0.1) is 36.6 Å². The number of rotatable bonds is 11. The summed E-state index contributed by atoms with van der Waals surface area (Å²) in [7, 11) is 3.04. The number of anilines is 2. The lowest BCUT2D eigenvalue weighted by Gasteiger charge is -2.19. The van der Waals surface area contributed by atoms with Gasteiger partial charge in [-0.1, -0.05) is 30.3 Å². The van der Waals surface area contributed by atoms with Crippen LogP contribution in [-0.4, -0.2) is 48.2 Å². The highest BCUT2D eigenvalue weighted by Crippen LogP contribution is 2.38. The van der Waals surface area contributed by atoms with E-state index in [0.29, 0.717) is 22.9 Å². The third-order valence-corrected chi connectivity index (χ3v) is 7.38. The van der Waals surface area contributed by atoms with E-state index in [-0.39, 0.29) is 17.0 Å². The first-order valence-electron chi connectivity index (χ1n) is 12.5. The van der Waals surface area contributed by atoms with E-state index in [4.69, 9.17) is 14.6 Å². The maximum absolute atomic E-state index is 13.5. The Kier molecular flexibility index (Phi) is 9.46. The molecule has 0 aliphatic heterocycles. The van der Waals surface area contributed by atoms with Crippen LogP contribution in [0.15, 0.2) is 95.9 Å². The lowest BCUT2D eigenvalue weighted by Crippen LogP contribution is -2.19. The van der Waals surface area contributed by atoms with Gasteiger partial charge in [-0.25, -0.2) is 9.59 Å². The summed E-state index contributed by atoms with van der Waals surface area (Å²) in [5.41, 5.74) is 0.792. The van der Waals surface area contributed by atoms with Gasteiger partial charge in [0.15, 0.2) is 0 Å². The van der Waals surface area contributed by atoms with Crippen molar-refractivity contribution in [3.8, 4) is 11.5 Å². The monoisotopic (exact) mass is 586 g/mol. The van der Waals surface area contributed by atoms with E-state index in [1.54, 1.807) is 42.5 Å². The molecule has 4 rings (SSSR count). The van der Waals surface area contributed by atoms with Gasteiger partial charge in [-0.05, 0) is 60.2 Å². The Morgan fingerprint density at radius 2 is 1.45 bits per heavy atom. The Morgan fingerprint density at radius 1 is 0.738 bits per heavy atom. The number of aromatic carboxylic acids is 2. The average molecular weight is 587 g/mol. The highest BCUT2D eigenvalue weighted by atomic mass is 32.2. The van der Waals surface area contributed by atoms with Crippen molar-refractivity contribution >= 4 is 46.9 Å². The fraction of sp³-hybridized carbons (Fsp3) is 0.0968. The standard InChI is InChI=1S/C31H26N2O8S/c1-40-21-11-15-25(26(17-21)41-2)33-29(35)27(18-6-4-3-5-7-18)42-22-12-9-20(10-13-22)32-28(34)23-14-8-19(30(36)37)16-24(23)31(38)39/h3-17,27H,1-2H3,(H,32,34)(H,33,35)(H,36,37)(H,38,39). The molecule has 0 aliphatic rings. The van der Waals surface area contributed by atoms with Crippen LogP contribution >= 0.6 is 11.8 Å². The van der Waals surface area contributed by atoms with Gasteiger partial charge >= 0.3 is 11.9 Å². The van der Waals surface area contributed by atoms with Crippen molar-refractivity contribution in [2.75, 3.05) is 24.9 Å². The minimum Gasteiger partial charge on any atom is -0.497 e. The molecule has 4 aromatic carbocycles. The topological polar surface area (TPSA) is 151 Å². The van der Waals surface area contributed by atoms with Gasteiger partial charge in [0.1, 0.15) is 16.7 Å². The third kappa shape index (κ3) is 7.07. The van der Waals surface area contributed by atoms with Crippen molar-refractivity contribution in [2.45, 2.75) is 10.1 Å². The van der Waals surface area contributed by atoms with E-state index in [1.165, 1.54) is 32.0 Å². The summed E-state index contributed by atoms with van der Waals surface area (Å²) in [5.74, 6) is -2.68. The van der Waals surface area contributed by atoms with E-state index in [2.05, 4.69) is 10.6 Å². The summed E-state index contributed by atoms with van der Waals surface area (Å²) in [4.78, 5) is 49.9. The Bertz CT molecular complexity index is 1620. The van der Waals surface area contributed by atoms with Crippen LogP contribution in [0.2, 0.25) is 0 Å². The number of carboxylic acid groups (broad SMARTS) is 2. The Balaban J connectivity index is 1.52. The first kappa shape index (κ1) is 29.7. The number of benzene rings is 4. The molecule has 0 saturated heterocycles. The van der Waals surface area contributed by atoms with Crippen molar-refractivity contribution in [3.05, 3.63) is 113 Å². The average Bonchev–Trinajstić information content (AvgIpc) is 3.00. The van der Waals surface area contributed by atoms with Crippen LogP contribution in [0, 0.1) is 0 Å². The van der Waals surface area contributed by atoms with Crippen LogP contribution in [-0.2, 0) is 4.79 Å². The molecule has 42 heavy (non-hydrogen) atoms. The minimum atomic E-state index is -1.42. The number of carbonyl (C=O) groups excluding carboxylic acids is 2. The number of nitrogens with one attached hydrogen (secondary N) is 2. The smallest absolute Gasteiger partial charge is 0.336 e. The second-order valence-electron chi connectivity index (χ2n) is 8.81. The molecule has 0 radical (unpaired) electrons. The molecule has 1 unspecified atom stereocenters. The molecule has 10 nitrogen and oxygen atoms in total. The van der Waals surface area contributed by atoms with Crippen LogP contribution in [0.25, 0.3) is 0 Å². The van der Waals surface area contributed by atoms with Gasteiger partial charge < -0.3 is 30.3 Å². The lowest BCUT2D eigenvalue weighted by molar-refractivity contribution is -0.115. The van der Waals surface area contributed by atoms with E-state index < -0.39 is 28.7 Å². The molecule has 4 aromatic rings. The van der Waals surface area contributed by atoms with Crippen molar-refractivity contribution in [3.63, 3.8) is 0 Å². The Hall–Kier alpha value is -5.29. The number of methoxy groups -OCH3 is 2. The fourth-order valence-electron chi connectivity index (χ4n) is 4.00. The van der Waals surface area contributed by atoms with Crippen LogP contribution in [0.5, 0.6) is 11.5 Å². The molecule has 0 saturated carbocycles. The maximum Gasteiger partial charge on any atom is 0.336 e. The molecule has 0 heterocycles.